The highest BCUT2D eigenvalue weighted by atomic mass is 16.5. The molecule has 0 aliphatic heterocycles. The van der Waals surface area contributed by atoms with Gasteiger partial charge in [0, 0.05) is 7.11 Å². The Balaban J connectivity index is 2.88. The second kappa shape index (κ2) is 4.09. The summed E-state index contributed by atoms with van der Waals surface area (Å²) in [5.74, 6) is 0.545. The van der Waals surface area contributed by atoms with Crippen molar-refractivity contribution in [1.82, 2.24) is 4.98 Å². The third-order valence-electron chi connectivity index (χ3n) is 1.94. The Hall–Kier alpha value is -1.29. The summed E-state index contributed by atoms with van der Waals surface area (Å²) in [6, 6.07) is 1.86. The number of nitrogen functional groups attached to an aromatic ring is 2. The fraction of sp³-hybridized carbons (Fsp3) is 0.444. The standard InChI is InChI=1S/C9H15N3O/c1-6-8(10)5-7(3-4-13-2)9(11)12-6/h5H,3-4,10H2,1-2H3,(H2,11,12). The fourth-order valence-corrected chi connectivity index (χ4v) is 1.10. The van der Waals surface area contributed by atoms with Crippen molar-refractivity contribution in [2.45, 2.75) is 13.3 Å². The van der Waals surface area contributed by atoms with E-state index in [1.807, 2.05) is 13.0 Å². The summed E-state index contributed by atoms with van der Waals surface area (Å²) in [6.07, 6.45) is 0.750. The molecule has 0 aliphatic carbocycles. The van der Waals surface area contributed by atoms with E-state index >= 15 is 0 Å². The highest BCUT2D eigenvalue weighted by molar-refractivity contribution is 5.53. The first-order chi connectivity index (χ1) is 6.15. The summed E-state index contributed by atoms with van der Waals surface area (Å²) in [6.45, 7) is 2.47. The molecule has 4 N–H and O–H groups in total. The van der Waals surface area contributed by atoms with E-state index in [0.29, 0.717) is 18.1 Å². The molecule has 0 radical (unpaired) electrons. The monoisotopic (exact) mass is 181 g/mol. The van der Waals surface area contributed by atoms with Crippen LogP contribution in [0.5, 0.6) is 0 Å². The predicted octanol–water partition coefficient (Wildman–Crippen LogP) is 0.743. The number of hydrogen-bond donors (Lipinski definition) is 2. The zero-order valence-electron chi connectivity index (χ0n) is 8.00. The molecular weight excluding hydrogens is 166 g/mol. The number of anilines is 2. The summed E-state index contributed by atoms with van der Waals surface area (Å²) in [5, 5.41) is 0. The lowest BCUT2D eigenvalue weighted by atomic mass is 10.1. The van der Waals surface area contributed by atoms with Gasteiger partial charge in [-0.05, 0) is 25.0 Å². The molecule has 72 valence electrons. The number of pyridine rings is 1. The topological polar surface area (TPSA) is 74.2 Å². The van der Waals surface area contributed by atoms with Gasteiger partial charge in [-0.2, -0.15) is 0 Å². The quantitative estimate of drug-likeness (QED) is 0.721. The van der Waals surface area contributed by atoms with Gasteiger partial charge in [-0.25, -0.2) is 4.98 Å². The van der Waals surface area contributed by atoms with Crippen molar-refractivity contribution in [2.75, 3.05) is 25.2 Å². The van der Waals surface area contributed by atoms with E-state index in [-0.39, 0.29) is 0 Å². The van der Waals surface area contributed by atoms with Crippen LogP contribution >= 0.6 is 0 Å². The minimum Gasteiger partial charge on any atom is -0.397 e. The van der Waals surface area contributed by atoms with Crippen molar-refractivity contribution in [3.8, 4) is 0 Å². The van der Waals surface area contributed by atoms with Crippen LogP contribution < -0.4 is 11.5 Å². The molecule has 1 aromatic heterocycles. The predicted molar refractivity (Wildman–Crippen MR) is 53.4 cm³/mol. The van der Waals surface area contributed by atoms with E-state index in [0.717, 1.165) is 17.7 Å². The molecule has 0 aliphatic rings. The maximum atomic E-state index is 5.71. The van der Waals surface area contributed by atoms with Crippen LogP contribution in [0.4, 0.5) is 11.5 Å². The minimum absolute atomic E-state index is 0.545. The minimum atomic E-state index is 0.545. The molecule has 0 atom stereocenters. The zero-order valence-corrected chi connectivity index (χ0v) is 8.00. The third kappa shape index (κ3) is 2.32. The van der Waals surface area contributed by atoms with Gasteiger partial charge in [0.1, 0.15) is 5.82 Å². The molecule has 13 heavy (non-hydrogen) atoms. The summed E-state index contributed by atoms with van der Waals surface area (Å²) in [4.78, 5) is 4.12. The number of aromatic nitrogens is 1. The van der Waals surface area contributed by atoms with E-state index in [4.69, 9.17) is 16.2 Å². The van der Waals surface area contributed by atoms with Crippen molar-refractivity contribution >= 4 is 11.5 Å². The first kappa shape index (κ1) is 9.80. The maximum Gasteiger partial charge on any atom is 0.127 e. The maximum absolute atomic E-state index is 5.71. The highest BCUT2D eigenvalue weighted by Crippen LogP contribution is 2.16. The van der Waals surface area contributed by atoms with E-state index in [1.54, 1.807) is 7.11 Å². The molecule has 1 aromatic rings. The van der Waals surface area contributed by atoms with Crippen LogP contribution in [0, 0.1) is 6.92 Å². The molecule has 0 fully saturated rings. The Morgan fingerprint density at radius 3 is 2.77 bits per heavy atom. The van der Waals surface area contributed by atoms with Crippen molar-refractivity contribution < 1.29 is 4.74 Å². The van der Waals surface area contributed by atoms with Gasteiger partial charge in [-0.3, -0.25) is 0 Å². The van der Waals surface area contributed by atoms with Gasteiger partial charge < -0.3 is 16.2 Å². The summed E-state index contributed by atoms with van der Waals surface area (Å²) < 4.78 is 4.95. The Morgan fingerprint density at radius 2 is 2.15 bits per heavy atom. The average Bonchev–Trinajstić information content (AvgIpc) is 2.09. The van der Waals surface area contributed by atoms with Gasteiger partial charge in [-0.1, -0.05) is 0 Å². The molecule has 1 rings (SSSR count). The fourth-order valence-electron chi connectivity index (χ4n) is 1.10. The van der Waals surface area contributed by atoms with Crippen LogP contribution in [0.3, 0.4) is 0 Å². The largest absolute Gasteiger partial charge is 0.397 e. The highest BCUT2D eigenvalue weighted by Gasteiger charge is 2.03. The Kier molecular flexibility index (Phi) is 3.08. The first-order valence-electron chi connectivity index (χ1n) is 4.15. The van der Waals surface area contributed by atoms with E-state index < -0.39 is 0 Å². The second-order valence-electron chi connectivity index (χ2n) is 2.95. The molecule has 0 aromatic carbocycles. The molecule has 0 bridgehead atoms. The average molecular weight is 181 g/mol. The van der Waals surface area contributed by atoms with Crippen LogP contribution in [0.2, 0.25) is 0 Å². The lowest BCUT2D eigenvalue weighted by molar-refractivity contribution is 0.202. The second-order valence-corrected chi connectivity index (χ2v) is 2.95. The van der Waals surface area contributed by atoms with Gasteiger partial charge in [0.05, 0.1) is 18.0 Å². The molecule has 0 saturated carbocycles. The van der Waals surface area contributed by atoms with Gasteiger partial charge in [0.15, 0.2) is 0 Å². The Morgan fingerprint density at radius 1 is 1.46 bits per heavy atom. The lowest BCUT2D eigenvalue weighted by Gasteiger charge is -2.07. The first-order valence-corrected chi connectivity index (χ1v) is 4.15. The van der Waals surface area contributed by atoms with Gasteiger partial charge in [0.2, 0.25) is 0 Å². The van der Waals surface area contributed by atoms with E-state index in [1.165, 1.54) is 0 Å². The Labute approximate surface area is 77.9 Å². The molecule has 0 unspecified atom stereocenters. The van der Waals surface area contributed by atoms with Crippen LogP contribution in [-0.4, -0.2) is 18.7 Å². The number of hydrogen-bond acceptors (Lipinski definition) is 4. The number of nitrogens with zero attached hydrogens (tertiary/aromatic N) is 1. The summed E-state index contributed by atoms with van der Waals surface area (Å²) in [7, 11) is 1.65. The van der Waals surface area contributed by atoms with Crippen LogP contribution in [-0.2, 0) is 11.2 Å². The van der Waals surface area contributed by atoms with Gasteiger partial charge >= 0.3 is 0 Å². The van der Waals surface area contributed by atoms with Crippen LogP contribution in [0.15, 0.2) is 6.07 Å². The number of ether oxygens (including phenoxy) is 1. The number of nitrogens with two attached hydrogens (primary N) is 2. The zero-order chi connectivity index (χ0) is 9.84. The molecule has 0 amide bonds. The SMILES string of the molecule is COCCc1cc(N)c(C)nc1N. The molecule has 0 saturated heterocycles. The third-order valence-corrected chi connectivity index (χ3v) is 1.94. The van der Waals surface area contributed by atoms with Crippen molar-refractivity contribution in [2.24, 2.45) is 0 Å². The van der Waals surface area contributed by atoms with Gasteiger partial charge in [0.25, 0.3) is 0 Å². The number of rotatable bonds is 3. The van der Waals surface area contributed by atoms with Crippen molar-refractivity contribution in [3.63, 3.8) is 0 Å². The summed E-state index contributed by atoms with van der Waals surface area (Å²) in [5.41, 5.74) is 13.8. The number of methoxy groups -OCH3 is 1. The molecule has 4 heteroatoms. The van der Waals surface area contributed by atoms with E-state index in [9.17, 15) is 0 Å². The van der Waals surface area contributed by atoms with Crippen LogP contribution in [0.25, 0.3) is 0 Å². The van der Waals surface area contributed by atoms with E-state index in [2.05, 4.69) is 4.98 Å². The molecule has 4 nitrogen and oxygen atoms in total. The molecule has 0 spiro atoms. The van der Waals surface area contributed by atoms with Crippen molar-refractivity contribution in [3.05, 3.63) is 17.3 Å². The van der Waals surface area contributed by atoms with Crippen LogP contribution in [0.1, 0.15) is 11.3 Å². The smallest absolute Gasteiger partial charge is 0.127 e. The molecule has 1 heterocycles. The Bertz CT molecular complexity index is 299. The summed E-state index contributed by atoms with van der Waals surface area (Å²) >= 11 is 0. The lowest BCUT2D eigenvalue weighted by Crippen LogP contribution is -2.05. The number of aryl methyl sites for hydroxylation is 1. The molecular formula is C9H15N3O. The van der Waals surface area contributed by atoms with Crippen molar-refractivity contribution in [1.29, 1.82) is 0 Å². The normalized spacial score (nSPS) is 10.3. The van der Waals surface area contributed by atoms with Gasteiger partial charge in [-0.15, -0.1) is 0 Å².